The first-order valence-corrected chi connectivity index (χ1v) is 5.86. The van der Waals surface area contributed by atoms with Crippen LogP contribution < -0.4 is 0 Å². The van der Waals surface area contributed by atoms with Crippen molar-refractivity contribution in [3.8, 4) is 0 Å². The lowest BCUT2D eigenvalue weighted by Crippen LogP contribution is -2.17. The molecule has 0 saturated carbocycles. The zero-order valence-corrected chi connectivity index (χ0v) is 9.73. The Morgan fingerprint density at radius 2 is 2.24 bits per heavy atom. The molecule has 0 unspecified atom stereocenters. The highest BCUT2D eigenvalue weighted by Gasteiger charge is 2.27. The number of rotatable bonds is 1. The molecule has 1 aliphatic rings. The number of nitrogens with zero attached hydrogens (tertiary/aromatic N) is 1. The molecule has 0 aliphatic heterocycles. The fourth-order valence-electron chi connectivity index (χ4n) is 2.52. The number of H-pyrrole nitrogens is 1. The topological polar surface area (TPSA) is 45.8 Å². The van der Waals surface area contributed by atoms with Crippen LogP contribution in [-0.2, 0) is 6.42 Å². The number of benzene rings is 1. The van der Waals surface area contributed by atoms with E-state index in [1.807, 2.05) is 0 Å². The van der Waals surface area contributed by atoms with Crippen molar-refractivity contribution in [1.29, 1.82) is 0 Å². The number of nitrogens with one attached hydrogen (secondary N) is 1. The number of carbonyl (C=O) groups is 1. The lowest BCUT2D eigenvalue weighted by atomic mass is 9.82. The van der Waals surface area contributed by atoms with Crippen LogP contribution in [0.2, 0.25) is 0 Å². The van der Waals surface area contributed by atoms with Gasteiger partial charge in [0.2, 0.25) is 0 Å². The Balaban J connectivity index is 1.96. The third-order valence-corrected chi connectivity index (χ3v) is 3.41. The first-order valence-electron chi connectivity index (χ1n) is 5.86. The zero-order chi connectivity index (χ0) is 11.8. The lowest BCUT2D eigenvalue weighted by molar-refractivity contribution is 0.0964. The van der Waals surface area contributed by atoms with Gasteiger partial charge in [0.15, 0.2) is 5.78 Å². The number of hydrogen-bond acceptors (Lipinski definition) is 2. The van der Waals surface area contributed by atoms with Gasteiger partial charge in [-0.15, -0.1) is 0 Å². The first kappa shape index (κ1) is 10.3. The molecule has 1 N–H and O–H groups in total. The molecular weight excluding hydrogens is 212 g/mol. The van der Waals surface area contributed by atoms with Gasteiger partial charge in [0.1, 0.15) is 0 Å². The van der Waals surface area contributed by atoms with Crippen molar-refractivity contribution in [2.75, 3.05) is 0 Å². The van der Waals surface area contributed by atoms with E-state index in [-0.39, 0.29) is 11.7 Å². The van der Waals surface area contributed by atoms with E-state index < -0.39 is 0 Å². The summed E-state index contributed by atoms with van der Waals surface area (Å²) in [6.45, 7) is 2.08. The maximum Gasteiger partial charge on any atom is 0.166 e. The maximum absolute atomic E-state index is 12.0. The van der Waals surface area contributed by atoms with Gasteiger partial charge in [0.05, 0.1) is 11.8 Å². The second-order valence-electron chi connectivity index (χ2n) is 4.70. The molecule has 1 aromatic heterocycles. The minimum Gasteiger partial charge on any atom is -0.294 e. The van der Waals surface area contributed by atoms with Crippen LogP contribution in [0.25, 0.3) is 0 Å². The van der Waals surface area contributed by atoms with Crippen molar-refractivity contribution < 1.29 is 4.79 Å². The van der Waals surface area contributed by atoms with Gasteiger partial charge in [0, 0.05) is 12.1 Å². The smallest absolute Gasteiger partial charge is 0.166 e. The summed E-state index contributed by atoms with van der Waals surface area (Å²) in [7, 11) is 0. The van der Waals surface area contributed by atoms with E-state index >= 15 is 0 Å². The summed E-state index contributed by atoms with van der Waals surface area (Å²) in [5.41, 5.74) is 4.24. The van der Waals surface area contributed by atoms with E-state index in [1.54, 1.807) is 6.20 Å². The van der Waals surface area contributed by atoms with Crippen LogP contribution in [-0.4, -0.2) is 16.0 Å². The van der Waals surface area contributed by atoms with E-state index in [9.17, 15) is 4.79 Å². The molecule has 17 heavy (non-hydrogen) atoms. The number of aromatic nitrogens is 2. The van der Waals surface area contributed by atoms with Crippen LogP contribution in [0.5, 0.6) is 0 Å². The Bertz CT molecular complexity index is 571. The molecule has 0 radical (unpaired) electrons. The Morgan fingerprint density at radius 1 is 1.35 bits per heavy atom. The number of Topliss-reactive ketones (excluding diaryl/α,β-unsaturated/α-hetero) is 1. The molecule has 1 aliphatic carbocycles. The van der Waals surface area contributed by atoms with Gasteiger partial charge in [-0.1, -0.05) is 29.8 Å². The Morgan fingerprint density at radius 3 is 3.06 bits per heavy atom. The molecule has 0 spiro atoms. The van der Waals surface area contributed by atoms with Gasteiger partial charge in [-0.3, -0.25) is 9.89 Å². The van der Waals surface area contributed by atoms with E-state index in [4.69, 9.17) is 0 Å². The number of carbonyl (C=O) groups excluding carboxylic acids is 1. The molecule has 0 bridgehead atoms. The van der Waals surface area contributed by atoms with Gasteiger partial charge in [-0.25, -0.2) is 0 Å². The van der Waals surface area contributed by atoms with Crippen molar-refractivity contribution in [2.45, 2.75) is 25.7 Å². The van der Waals surface area contributed by atoms with Crippen LogP contribution in [0, 0.1) is 6.92 Å². The van der Waals surface area contributed by atoms with Crippen LogP contribution in [0.15, 0.2) is 30.5 Å². The molecule has 3 heteroatoms. The van der Waals surface area contributed by atoms with E-state index in [0.29, 0.717) is 6.42 Å². The fourth-order valence-corrected chi connectivity index (χ4v) is 2.52. The predicted octanol–water partition coefficient (Wildman–Crippen LogP) is 2.63. The second-order valence-corrected chi connectivity index (χ2v) is 4.70. The standard InChI is InChI=1S/C14H14N2O/c1-9-3-2-4-10(5-9)11-6-13-12(8-15-16-13)14(17)7-11/h2-5,8,11H,6-7H2,1H3,(H,15,16)/t11-/m0/s1. The lowest BCUT2D eigenvalue weighted by Gasteiger charge is -2.21. The minimum absolute atomic E-state index is 0.200. The quantitative estimate of drug-likeness (QED) is 0.812. The largest absolute Gasteiger partial charge is 0.294 e. The van der Waals surface area contributed by atoms with Gasteiger partial charge in [-0.05, 0) is 24.8 Å². The number of hydrogen-bond donors (Lipinski definition) is 1. The Labute approximate surface area is 99.9 Å². The Hall–Kier alpha value is -1.90. The van der Waals surface area contributed by atoms with E-state index in [2.05, 4.69) is 41.4 Å². The number of ketones is 1. The summed E-state index contributed by atoms with van der Waals surface area (Å²) in [5, 5.41) is 6.89. The van der Waals surface area contributed by atoms with Crippen LogP contribution >= 0.6 is 0 Å². The molecule has 0 saturated heterocycles. The number of fused-ring (bicyclic) bond motifs is 1. The molecule has 3 rings (SSSR count). The van der Waals surface area contributed by atoms with Crippen LogP contribution in [0.4, 0.5) is 0 Å². The third-order valence-electron chi connectivity index (χ3n) is 3.41. The average Bonchev–Trinajstić information content (AvgIpc) is 2.77. The summed E-state index contributed by atoms with van der Waals surface area (Å²) < 4.78 is 0. The van der Waals surface area contributed by atoms with Crippen LogP contribution in [0.1, 0.15) is 39.5 Å². The van der Waals surface area contributed by atoms with Crippen molar-refractivity contribution >= 4 is 5.78 Å². The summed E-state index contributed by atoms with van der Waals surface area (Å²) in [6.07, 6.45) is 3.12. The molecule has 1 heterocycles. The Kier molecular flexibility index (Phi) is 2.32. The highest BCUT2D eigenvalue weighted by Crippen LogP contribution is 2.31. The van der Waals surface area contributed by atoms with Crippen molar-refractivity contribution in [1.82, 2.24) is 10.2 Å². The molecule has 1 aromatic carbocycles. The minimum atomic E-state index is 0.200. The predicted molar refractivity (Wildman–Crippen MR) is 65.2 cm³/mol. The molecule has 3 nitrogen and oxygen atoms in total. The second kappa shape index (κ2) is 3.84. The average molecular weight is 226 g/mol. The van der Waals surface area contributed by atoms with Gasteiger partial charge >= 0.3 is 0 Å². The van der Waals surface area contributed by atoms with Gasteiger partial charge in [0.25, 0.3) is 0 Å². The molecule has 1 atom stereocenters. The maximum atomic E-state index is 12.0. The molecule has 0 amide bonds. The molecule has 0 fully saturated rings. The SMILES string of the molecule is Cc1cccc([C@@H]2CC(=O)c3cn[nH]c3C2)c1. The van der Waals surface area contributed by atoms with E-state index in [0.717, 1.165) is 17.7 Å². The highest BCUT2D eigenvalue weighted by molar-refractivity contribution is 5.98. The highest BCUT2D eigenvalue weighted by atomic mass is 16.1. The van der Waals surface area contributed by atoms with Crippen molar-refractivity contribution in [3.63, 3.8) is 0 Å². The summed E-state index contributed by atoms with van der Waals surface area (Å²) in [6, 6.07) is 8.40. The number of aromatic amines is 1. The van der Waals surface area contributed by atoms with Gasteiger partial charge in [-0.2, -0.15) is 5.10 Å². The summed E-state index contributed by atoms with van der Waals surface area (Å²) in [5.74, 6) is 0.488. The molecule has 2 aromatic rings. The van der Waals surface area contributed by atoms with Crippen molar-refractivity contribution in [2.24, 2.45) is 0 Å². The van der Waals surface area contributed by atoms with E-state index in [1.165, 1.54) is 11.1 Å². The zero-order valence-electron chi connectivity index (χ0n) is 9.73. The van der Waals surface area contributed by atoms with Crippen molar-refractivity contribution in [3.05, 3.63) is 52.8 Å². The number of aryl methyl sites for hydroxylation is 1. The van der Waals surface area contributed by atoms with Crippen LogP contribution in [0.3, 0.4) is 0 Å². The fraction of sp³-hybridized carbons (Fsp3) is 0.286. The molecular formula is C14H14N2O. The first-order chi connectivity index (χ1) is 8.24. The summed E-state index contributed by atoms with van der Waals surface area (Å²) in [4.78, 5) is 12.0. The monoisotopic (exact) mass is 226 g/mol. The van der Waals surface area contributed by atoms with Gasteiger partial charge < -0.3 is 0 Å². The third kappa shape index (κ3) is 1.78. The normalized spacial score (nSPS) is 19.1. The molecule has 86 valence electrons. The summed E-state index contributed by atoms with van der Waals surface area (Å²) >= 11 is 0.